The van der Waals surface area contributed by atoms with Gasteiger partial charge in [0.25, 0.3) is 0 Å². The molecule has 2 aliphatic carbocycles. The van der Waals surface area contributed by atoms with Gasteiger partial charge in [-0.2, -0.15) is 0 Å². The Morgan fingerprint density at radius 1 is 1.28 bits per heavy atom. The highest BCUT2D eigenvalue weighted by atomic mass is 32.1. The van der Waals surface area contributed by atoms with Crippen molar-refractivity contribution in [3.05, 3.63) is 4.77 Å². The molecule has 0 aliphatic heterocycles. The van der Waals surface area contributed by atoms with Crippen LogP contribution in [0.2, 0.25) is 0 Å². The van der Waals surface area contributed by atoms with Gasteiger partial charge in [0.05, 0.1) is 0 Å². The average molecular weight is 266 g/mol. The van der Waals surface area contributed by atoms with Gasteiger partial charge in [-0.3, -0.25) is 4.57 Å². The van der Waals surface area contributed by atoms with Crippen LogP contribution in [0.4, 0.5) is 5.95 Å². The first-order chi connectivity index (χ1) is 8.78. The number of nitrogens with zero attached hydrogens (tertiary/aromatic N) is 3. The number of aromatic nitrogens is 3. The van der Waals surface area contributed by atoms with Crippen LogP contribution >= 0.6 is 12.2 Å². The van der Waals surface area contributed by atoms with Crippen molar-refractivity contribution in [2.75, 3.05) is 18.0 Å². The molecule has 100 valence electrons. The van der Waals surface area contributed by atoms with E-state index in [1.165, 1.54) is 38.8 Å². The summed E-state index contributed by atoms with van der Waals surface area (Å²) in [5.41, 5.74) is 0. The predicted molar refractivity (Wildman–Crippen MR) is 75.4 cm³/mol. The van der Waals surface area contributed by atoms with E-state index in [9.17, 15) is 0 Å². The van der Waals surface area contributed by atoms with Crippen molar-refractivity contribution < 1.29 is 0 Å². The Labute approximate surface area is 113 Å². The van der Waals surface area contributed by atoms with Crippen LogP contribution in [0.3, 0.4) is 0 Å². The molecule has 0 bridgehead atoms. The molecule has 2 saturated carbocycles. The SMILES string of the molecule is CCCn1c(N(CC2CC2)CC2CC2)n[nH]c1=S. The molecule has 1 aromatic rings. The van der Waals surface area contributed by atoms with Gasteiger partial charge in [0.2, 0.25) is 5.95 Å². The highest BCUT2D eigenvalue weighted by molar-refractivity contribution is 7.71. The third kappa shape index (κ3) is 2.76. The van der Waals surface area contributed by atoms with Gasteiger partial charge < -0.3 is 4.90 Å². The van der Waals surface area contributed by atoms with Crippen LogP contribution < -0.4 is 4.90 Å². The minimum Gasteiger partial charge on any atom is -0.340 e. The van der Waals surface area contributed by atoms with Crippen LogP contribution in [0, 0.1) is 16.6 Å². The van der Waals surface area contributed by atoms with Gasteiger partial charge in [-0.1, -0.05) is 6.92 Å². The lowest BCUT2D eigenvalue weighted by molar-refractivity contribution is 0.609. The number of hydrogen-bond acceptors (Lipinski definition) is 3. The molecule has 2 aliphatic rings. The van der Waals surface area contributed by atoms with Gasteiger partial charge in [-0.25, -0.2) is 5.10 Å². The highest BCUT2D eigenvalue weighted by Crippen LogP contribution is 2.35. The van der Waals surface area contributed by atoms with Crippen molar-refractivity contribution in [3.63, 3.8) is 0 Å². The minimum atomic E-state index is 0.767. The largest absolute Gasteiger partial charge is 0.340 e. The fourth-order valence-corrected chi connectivity index (χ4v) is 2.66. The summed E-state index contributed by atoms with van der Waals surface area (Å²) in [4.78, 5) is 2.47. The molecule has 0 spiro atoms. The summed E-state index contributed by atoms with van der Waals surface area (Å²) in [5.74, 6) is 2.86. The number of hydrogen-bond donors (Lipinski definition) is 1. The predicted octanol–water partition coefficient (Wildman–Crippen LogP) is 2.98. The van der Waals surface area contributed by atoms with E-state index in [4.69, 9.17) is 12.2 Å². The minimum absolute atomic E-state index is 0.767. The molecule has 0 aromatic carbocycles. The molecular formula is C13H22N4S. The molecule has 0 saturated heterocycles. The molecule has 0 amide bonds. The zero-order valence-electron chi connectivity index (χ0n) is 11.1. The number of rotatable bonds is 7. The average Bonchev–Trinajstić information content (AvgIpc) is 3.25. The molecule has 5 heteroatoms. The Morgan fingerprint density at radius 3 is 2.39 bits per heavy atom. The van der Waals surface area contributed by atoms with Crippen molar-refractivity contribution in [2.45, 2.75) is 45.6 Å². The molecular weight excluding hydrogens is 244 g/mol. The standard InChI is InChI=1S/C13H22N4S/c1-2-7-17-12(14-15-13(17)18)16(8-10-3-4-10)9-11-5-6-11/h10-11H,2-9H2,1H3,(H,15,18). The lowest BCUT2D eigenvalue weighted by atomic mass is 10.3. The molecule has 1 aromatic heterocycles. The van der Waals surface area contributed by atoms with Crippen LogP contribution in [-0.2, 0) is 6.54 Å². The number of H-pyrrole nitrogens is 1. The smallest absolute Gasteiger partial charge is 0.225 e. The van der Waals surface area contributed by atoms with Crippen LogP contribution in [-0.4, -0.2) is 27.9 Å². The molecule has 4 nitrogen and oxygen atoms in total. The topological polar surface area (TPSA) is 36.9 Å². The monoisotopic (exact) mass is 266 g/mol. The molecule has 0 unspecified atom stereocenters. The Balaban J connectivity index is 1.79. The second-order valence-electron chi connectivity index (χ2n) is 5.77. The first kappa shape index (κ1) is 12.2. The lowest BCUT2D eigenvalue weighted by Gasteiger charge is -2.23. The van der Waals surface area contributed by atoms with Gasteiger partial charge in [-0.05, 0) is 56.2 Å². The molecule has 18 heavy (non-hydrogen) atoms. The zero-order valence-corrected chi connectivity index (χ0v) is 11.9. The fourth-order valence-electron chi connectivity index (χ4n) is 2.44. The number of aromatic amines is 1. The van der Waals surface area contributed by atoms with E-state index >= 15 is 0 Å². The van der Waals surface area contributed by atoms with Crippen molar-refractivity contribution in [1.82, 2.24) is 14.8 Å². The Hall–Kier alpha value is -0.840. The molecule has 1 heterocycles. The number of nitrogens with one attached hydrogen (secondary N) is 1. The maximum absolute atomic E-state index is 5.33. The van der Waals surface area contributed by atoms with Crippen LogP contribution in [0.1, 0.15) is 39.0 Å². The van der Waals surface area contributed by atoms with E-state index in [1.54, 1.807) is 0 Å². The summed E-state index contributed by atoms with van der Waals surface area (Å²) >= 11 is 5.33. The summed E-state index contributed by atoms with van der Waals surface area (Å²) < 4.78 is 2.93. The summed E-state index contributed by atoms with van der Waals surface area (Å²) in [6, 6.07) is 0. The highest BCUT2D eigenvalue weighted by Gasteiger charge is 2.31. The first-order valence-corrected chi connectivity index (χ1v) is 7.59. The first-order valence-electron chi connectivity index (χ1n) is 7.18. The van der Waals surface area contributed by atoms with E-state index in [0.29, 0.717) is 0 Å². The third-order valence-electron chi connectivity index (χ3n) is 3.82. The zero-order chi connectivity index (χ0) is 12.5. The van der Waals surface area contributed by atoms with Gasteiger partial charge in [0, 0.05) is 19.6 Å². The van der Waals surface area contributed by atoms with Crippen molar-refractivity contribution >= 4 is 18.2 Å². The van der Waals surface area contributed by atoms with E-state index < -0.39 is 0 Å². The maximum atomic E-state index is 5.33. The van der Waals surface area contributed by atoms with E-state index in [-0.39, 0.29) is 0 Å². The Morgan fingerprint density at radius 2 is 1.89 bits per heavy atom. The van der Waals surface area contributed by atoms with Gasteiger partial charge >= 0.3 is 0 Å². The molecule has 1 N–H and O–H groups in total. The fraction of sp³-hybridized carbons (Fsp3) is 0.846. The molecule has 3 rings (SSSR count). The Bertz CT molecular complexity index is 442. The second kappa shape index (κ2) is 5.03. The lowest BCUT2D eigenvalue weighted by Crippen LogP contribution is -2.31. The summed E-state index contributed by atoms with van der Waals surface area (Å²) in [5, 5.41) is 7.43. The van der Waals surface area contributed by atoms with Crippen molar-refractivity contribution in [3.8, 4) is 0 Å². The summed E-state index contributed by atoms with van der Waals surface area (Å²) in [6.45, 7) is 5.49. The quantitative estimate of drug-likeness (QED) is 0.771. The van der Waals surface area contributed by atoms with Crippen molar-refractivity contribution in [1.29, 1.82) is 0 Å². The van der Waals surface area contributed by atoms with Gasteiger partial charge in [-0.15, -0.1) is 5.10 Å². The number of anilines is 1. The van der Waals surface area contributed by atoms with E-state index in [0.717, 1.165) is 35.5 Å². The van der Waals surface area contributed by atoms with Gasteiger partial charge in [0.1, 0.15) is 0 Å². The Kier molecular flexibility index (Phi) is 3.41. The summed E-state index contributed by atoms with van der Waals surface area (Å²) in [6.07, 6.45) is 6.65. The van der Waals surface area contributed by atoms with Crippen LogP contribution in [0.5, 0.6) is 0 Å². The van der Waals surface area contributed by atoms with Crippen LogP contribution in [0.25, 0.3) is 0 Å². The molecule has 2 fully saturated rings. The normalized spacial score (nSPS) is 19.2. The van der Waals surface area contributed by atoms with E-state index in [1.807, 2.05) is 0 Å². The summed E-state index contributed by atoms with van der Waals surface area (Å²) in [7, 11) is 0. The van der Waals surface area contributed by atoms with E-state index in [2.05, 4.69) is 26.6 Å². The third-order valence-corrected chi connectivity index (χ3v) is 4.13. The van der Waals surface area contributed by atoms with Crippen LogP contribution in [0.15, 0.2) is 0 Å². The van der Waals surface area contributed by atoms with Gasteiger partial charge in [0.15, 0.2) is 4.77 Å². The maximum Gasteiger partial charge on any atom is 0.225 e. The molecule has 0 radical (unpaired) electrons. The second-order valence-corrected chi connectivity index (χ2v) is 6.16. The van der Waals surface area contributed by atoms with Crippen molar-refractivity contribution in [2.24, 2.45) is 11.8 Å². The molecule has 0 atom stereocenters.